The van der Waals surface area contributed by atoms with Crippen LogP contribution in [0.3, 0.4) is 0 Å². The molecule has 0 radical (unpaired) electrons. The predicted octanol–water partition coefficient (Wildman–Crippen LogP) is 4.19. The van der Waals surface area contributed by atoms with Crippen molar-refractivity contribution in [3.05, 3.63) is 33.8 Å². The number of benzene rings is 1. The molecule has 2 rings (SSSR count). The van der Waals surface area contributed by atoms with Crippen molar-refractivity contribution >= 4 is 23.2 Å². The molecule has 1 aromatic carbocycles. The van der Waals surface area contributed by atoms with Gasteiger partial charge in [0.1, 0.15) is 0 Å². The molecule has 0 amide bonds. The molecular weight excluding hydrogens is 241 g/mol. The average Bonchev–Trinajstić information content (AvgIpc) is 2.71. The average molecular weight is 258 g/mol. The van der Waals surface area contributed by atoms with Gasteiger partial charge >= 0.3 is 0 Å². The van der Waals surface area contributed by atoms with Crippen molar-refractivity contribution in [1.29, 1.82) is 0 Å². The lowest BCUT2D eigenvalue weighted by Crippen LogP contribution is -2.24. The molecule has 1 aliphatic carbocycles. The van der Waals surface area contributed by atoms with E-state index in [1.54, 1.807) is 0 Å². The van der Waals surface area contributed by atoms with Crippen molar-refractivity contribution in [2.75, 3.05) is 14.1 Å². The number of rotatable bonds is 2. The third kappa shape index (κ3) is 2.53. The Hall–Kier alpha value is -0.240. The SMILES string of the molecule is CN(C)C1CCC(c2ccc(Cl)c(Cl)c2)C1. The Kier molecular flexibility index (Phi) is 3.78. The lowest BCUT2D eigenvalue weighted by molar-refractivity contribution is 0.296. The maximum atomic E-state index is 6.05. The van der Waals surface area contributed by atoms with E-state index in [1.165, 1.54) is 24.8 Å². The minimum atomic E-state index is 0.641. The molecule has 0 aliphatic heterocycles. The number of nitrogens with zero attached hydrogens (tertiary/aromatic N) is 1. The van der Waals surface area contributed by atoms with E-state index in [0.29, 0.717) is 22.0 Å². The van der Waals surface area contributed by atoms with Crippen molar-refractivity contribution in [2.45, 2.75) is 31.2 Å². The van der Waals surface area contributed by atoms with Gasteiger partial charge in [-0.15, -0.1) is 0 Å². The Labute approximate surface area is 107 Å². The quantitative estimate of drug-likeness (QED) is 0.768. The van der Waals surface area contributed by atoms with Gasteiger partial charge in [0.25, 0.3) is 0 Å². The van der Waals surface area contributed by atoms with Crippen LogP contribution in [-0.2, 0) is 0 Å². The third-order valence-corrected chi connectivity index (χ3v) is 4.29. The topological polar surface area (TPSA) is 3.24 Å². The summed E-state index contributed by atoms with van der Waals surface area (Å²) in [6.07, 6.45) is 3.75. The summed E-state index contributed by atoms with van der Waals surface area (Å²) in [5.74, 6) is 0.641. The fourth-order valence-corrected chi connectivity index (χ4v) is 2.80. The fourth-order valence-electron chi connectivity index (χ4n) is 2.50. The van der Waals surface area contributed by atoms with Crippen molar-refractivity contribution in [3.8, 4) is 0 Å². The van der Waals surface area contributed by atoms with Crippen LogP contribution in [0, 0.1) is 0 Å². The van der Waals surface area contributed by atoms with Crippen LogP contribution in [0.15, 0.2) is 18.2 Å². The summed E-state index contributed by atoms with van der Waals surface area (Å²) in [4.78, 5) is 2.32. The second kappa shape index (κ2) is 4.95. The van der Waals surface area contributed by atoms with Crippen LogP contribution in [0.1, 0.15) is 30.7 Å². The minimum absolute atomic E-state index is 0.641. The largest absolute Gasteiger partial charge is 0.306 e. The Bertz CT molecular complexity index is 376. The van der Waals surface area contributed by atoms with Crippen LogP contribution in [-0.4, -0.2) is 25.0 Å². The molecule has 0 saturated heterocycles. The summed E-state index contributed by atoms with van der Waals surface area (Å²) in [5.41, 5.74) is 1.33. The van der Waals surface area contributed by atoms with Gasteiger partial charge in [0.15, 0.2) is 0 Å². The zero-order valence-corrected chi connectivity index (χ0v) is 11.2. The van der Waals surface area contributed by atoms with Crippen molar-refractivity contribution in [2.24, 2.45) is 0 Å². The van der Waals surface area contributed by atoms with Crippen LogP contribution in [0.2, 0.25) is 10.0 Å². The molecule has 0 heterocycles. The van der Waals surface area contributed by atoms with Crippen molar-refractivity contribution in [3.63, 3.8) is 0 Å². The molecule has 1 saturated carbocycles. The molecule has 16 heavy (non-hydrogen) atoms. The molecular formula is C13H17Cl2N. The highest BCUT2D eigenvalue weighted by Gasteiger charge is 2.27. The van der Waals surface area contributed by atoms with Crippen LogP contribution in [0.25, 0.3) is 0 Å². The van der Waals surface area contributed by atoms with E-state index in [4.69, 9.17) is 23.2 Å². The lowest BCUT2D eigenvalue weighted by Gasteiger charge is -2.19. The summed E-state index contributed by atoms with van der Waals surface area (Å²) >= 11 is 12.0. The van der Waals surface area contributed by atoms with E-state index >= 15 is 0 Å². The molecule has 0 spiro atoms. The van der Waals surface area contributed by atoms with E-state index in [2.05, 4.69) is 25.1 Å². The van der Waals surface area contributed by atoms with Gasteiger partial charge in [-0.3, -0.25) is 0 Å². The summed E-state index contributed by atoms with van der Waals surface area (Å²) in [5, 5.41) is 1.32. The van der Waals surface area contributed by atoms with Crippen molar-refractivity contribution in [1.82, 2.24) is 4.90 Å². The Morgan fingerprint density at radius 3 is 2.44 bits per heavy atom. The predicted molar refractivity (Wildman–Crippen MR) is 70.5 cm³/mol. The fraction of sp³-hybridized carbons (Fsp3) is 0.538. The van der Waals surface area contributed by atoms with Gasteiger partial charge < -0.3 is 4.90 Å². The summed E-state index contributed by atoms with van der Waals surface area (Å²) in [6.45, 7) is 0. The Morgan fingerprint density at radius 1 is 1.12 bits per heavy atom. The summed E-state index contributed by atoms with van der Waals surface area (Å²) in [6, 6.07) is 6.74. The molecule has 0 N–H and O–H groups in total. The van der Waals surface area contributed by atoms with Gasteiger partial charge in [0.05, 0.1) is 10.0 Å². The van der Waals surface area contributed by atoms with Crippen molar-refractivity contribution < 1.29 is 0 Å². The van der Waals surface area contributed by atoms with E-state index < -0.39 is 0 Å². The first-order valence-corrected chi connectivity index (χ1v) is 6.45. The van der Waals surface area contributed by atoms with Gasteiger partial charge in [0, 0.05) is 6.04 Å². The molecule has 2 unspecified atom stereocenters. The zero-order valence-electron chi connectivity index (χ0n) is 9.71. The summed E-state index contributed by atoms with van der Waals surface area (Å²) in [7, 11) is 4.31. The van der Waals surface area contributed by atoms with E-state index in [1.807, 2.05) is 12.1 Å². The lowest BCUT2D eigenvalue weighted by atomic mass is 9.97. The van der Waals surface area contributed by atoms with E-state index in [-0.39, 0.29) is 0 Å². The first kappa shape index (κ1) is 12.2. The Balaban J connectivity index is 2.11. The van der Waals surface area contributed by atoms with E-state index in [9.17, 15) is 0 Å². The smallest absolute Gasteiger partial charge is 0.0595 e. The molecule has 2 atom stereocenters. The second-order valence-corrected chi connectivity index (χ2v) is 5.62. The first-order valence-electron chi connectivity index (χ1n) is 5.69. The second-order valence-electron chi connectivity index (χ2n) is 4.80. The molecule has 1 aliphatic rings. The van der Waals surface area contributed by atoms with Gasteiger partial charge in [-0.1, -0.05) is 29.3 Å². The highest BCUT2D eigenvalue weighted by Crippen LogP contribution is 2.38. The highest BCUT2D eigenvalue weighted by molar-refractivity contribution is 6.42. The monoisotopic (exact) mass is 257 g/mol. The maximum absolute atomic E-state index is 6.05. The summed E-state index contributed by atoms with van der Waals surface area (Å²) < 4.78 is 0. The molecule has 3 heteroatoms. The number of halogens is 2. The number of hydrogen-bond donors (Lipinski definition) is 0. The van der Waals surface area contributed by atoms with Gasteiger partial charge in [0.2, 0.25) is 0 Å². The minimum Gasteiger partial charge on any atom is -0.306 e. The van der Waals surface area contributed by atoms with Crippen LogP contribution >= 0.6 is 23.2 Å². The van der Waals surface area contributed by atoms with Crippen LogP contribution in [0.4, 0.5) is 0 Å². The van der Waals surface area contributed by atoms with Gasteiger partial charge in [-0.25, -0.2) is 0 Å². The molecule has 88 valence electrons. The molecule has 1 nitrogen and oxygen atoms in total. The normalized spacial score (nSPS) is 25.3. The maximum Gasteiger partial charge on any atom is 0.0595 e. The standard InChI is InChI=1S/C13H17Cl2N/c1-16(2)11-5-3-9(7-11)10-4-6-12(14)13(15)8-10/h4,6,8-9,11H,3,5,7H2,1-2H3. The Morgan fingerprint density at radius 2 is 1.88 bits per heavy atom. The molecule has 0 aromatic heterocycles. The molecule has 1 aromatic rings. The molecule has 0 bridgehead atoms. The van der Waals surface area contributed by atoms with Gasteiger partial charge in [-0.05, 0) is 57.0 Å². The van der Waals surface area contributed by atoms with E-state index in [0.717, 1.165) is 0 Å². The molecule has 1 fully saturated rings. The third-order valence-electron chi connectivity index (χ3n) is 3.55. The first-order chi connectivity index (χ1) is 7.58. The zero-order chi connectivity index (χ0) is 11.7. The van der Waals surface area contributed by atoms with Gasteiger partial charge in [-0.2, -0.15) is 0 Å². The number of hydrogen-bond acceptors (Lipinski definition) is 1. The van der Waals surface area contributed by atoms with Crippen LogP contribution < -0.4 is 0 Å². The van der Waals surface area contributed by atoms with Crippen LogP contribution in [0.5, 0.6) is 0 Å². The highest BCUT2D eigenvalue weighted by atomic mass is 35.5.